The van der Waals surface area contributed by atoms with Crippen molar-refractivity contribution in [1.29, 1.82) is 0 Å². The topological polar surface area (TPSA) is 42.3 Å². The van der Waals surface area contributed by atoms with Crippen LogP contribution in [-0.4, -0.2) is 21.8 Å². The second-order valence-electron chi connectivity index (χ2n) is 8.31. The largest absolute Gasteiger partial charge is 0.495 e. The van der Waals surface area contributed by atoms with Crippen LogP contribution in [0.15, 0.2) is 79.0 Å². The number of hydrogen-bond donors (Lipinski definition) is 1. The summed E-state index contributed by atoms with van der Waals surface area (Å²) in [6.07, 6.45) is 1.80. The van der Waals surface area contributed by atoms with E-state index >= 15 is 0 Å². The van der Waals surface area contributed by atoms with Crippen molar-refractivity contribution in [3.63, 3.8) is 0 Å². The molecule has 0 saturated carbocycles. The molecule has 1 aliphatic heterocycles. The SMILES string of the molecule is COc1ccccc1N1C(=S)N[C@@H](c2ccccn2)[C@H]1c1cc(C)n(-c2ccc(F)cc2)c1C. The summed E-state index contributed by atoms with van der Waals surface area (Å²) in [5.41, 5.74) is 5.92. The van der Waals surface area contributed by atoms with E-state index in [9.17, 15) is 4.39 Å². The monoisotopic (exact) mass is 472 g/mol. The van der Waals surface area contributed by atoms with Gasteiger partial charge in [-0.15, -0.1) is 0 Å². The standard InChI is InChI=1S/C27H25FN4OS/c1-17-16-21(18(2)31(17)20-13-11-19(28)12-14-20)26-25(22-8-6-7-15-29-22)30-27(34)32(26)23-9-4-5-10-24(23)33-3/h4-16,25-26H,1-3H3,(H,30,34)/t25-,26+/m0/s1. The number of methoxy groups -OCH3 is 1. The van der Waals surface area contributed by atoms with E-state index in [-0.39, 0.29) is 17.9 Å². The summed E-state index contributed by atoms with van der Waals surface area (Å²) in [5.74, 6) is 0.486. The summed E-state index contributed by atoms with van der Waals surface area (Å²) in [5, 5.41) is 4.11. The molecule has 1 saturated heterocycles. The Morgan fingerprint density at radius 2 is 1.74 bits per heavy atom. The van der Waals surface area contributed by atoms with E-state index in [1.165, 1.54) is 12.1 Å². The summed E-state index contributed by atoms with van der Waals surface area (Å²) >= 11 is 5.86. The lowest BCUT2D eigenvalue weighted by atomic mass is 9.96. The van der Waals surface area contributed by atoms with Crippen molar-refractivity contribution in [1.82, 2.24) is 14.9 Å². The molecule has 1 N–H and O–H groups in total. The molecule has 2 aromatic heterocycles. The summed E-state index contributed by atoms with van der Waals surface area (Å²) in [6.45, 7) is 4.15. The van der Waals surface area contributed by atoms with Gasteiger partial charge in [0.25, 0.3) is 0 Å². The van der Waals surface area contributed by atoms with Gasteiger partial charge in [0.1, 0.15) is 11.6 Å². The molecule has 3 heterocycles. The number of pyridine rings is 1. The van der Waals surface area contributed by atoms with Gasteiger partial charge in [0.15, 0.2) is 5.11 Å². The first-order chi connectivity index (χ1) is 16.5. The average molecular weight is 473 g/mol. The minimum atomic E-state index is -0.255. The van der Waals surface area contributed by atoms with E-state index in [1.54, 1.807) is 25.4 Å². The van der Waals surface area contributed by atoms with Crippen molar-refractivity contribution in [2.75, 3.05) is 12.0 Å². The van der Waals surface area contributed by atoms with E-state index in [2.05, 4.69) is 39.7 Å². The summed E-state index contributed by atoms with van der Waals surface area (Å²) in [7, 11) is 1.66. The van der Waals surface area contributed by atoms with E-state index in [0.717, 1.165) is 39.8 Å². The first-order valence-electron chi connectivity index (χ1n) is 11.1. The fourth-order valence-corrected chi connectivity index (χ4v) is 5.17. The Balaban J connectivity index is 1.70. The zero-order chi connectivity index (χ0) is 23.8. The number of anilines is 1. The Hall–Kier alpha value is -3.71. The number of thiocarbonyl (C=S) groups is 1. The zero-order valence-corrected chi connectivity index (χ0v) is 20.0. The molecular weight excluding hydrogens is 447 g/mol. The van der Waals surface area contributed by atoms with Crippen molar-refractivity contribution >= 4 is 23.0 Å². The van der Waals surface area contributed by atoms with Crippen molar-refractivity contribution in [3.05, 3.63) is 107 Å². The number of ether oxygens (including phenoxy) is 1. The molecule has 2 atom stereocenters. The molecule has 0 amide bonds. The Morgan fingerprint density at radius 3 is 2.44 bits per heavy atom. The maximum atomic E-state index is 13.6. The van der Waals surface area contributed by atoms with Gasteiger partial charge in [0.05, 0.1) is 30.6 Å². The molecule has 1 fully saturated rings. The molecule has 1 aliphatic rings. The minimum absolute atomic E-state index is 0.166. The molecule has 2 aromatic carbocycles. The molecule has 172 valence electrons. The van der Waals surface area contributed by atoms with Gasteiger partial charge in [-0.25, -0.2) is 4.39 Å². The van der Waals surface area contributed by atoms with Crippen LogP contribution in [0, 0.1) is 19.7 Å². The number of rotatable bonds is 5. The third-order valence-electron chi connectivity index (χ3n) is 6.32. The predicted octanol–water partition coefficient (Wildman–Crippen LogP) is 5.81. The van der Waals surface area contributed by atoms with E-state index in [4.69, 9.17) is 17.0 Å². The Labute approximate surface area is 203 Å². The second-order valence-corrected chi connectivity index (χ2v) is 8.69. The van der Waals surface area contributed by atoms with Gasteiger partial charge < -0.3 is 19.5 Å². The van der Waals surface area contributed by atoms with Crippen molar-refractivity contribution in [2.45, 2.75) is 25.9 Å². The van der Waals surface area contributed by atoms with Crippen LogP contribution in [0.25, 0.3) is 5.69 Å². The molecule has 34 heavy (non-hydrogen) atoms. The highest BCUT2D eigenvalue weighted by molar-refractivity contribution is 7.80. The number of aromatic nitrogens is 2. The number of aryl methyl sites for hydroxylation is 1. The summed E-state index contributed by atoms with van der Waals surface area (Å²) in [4.78, 5) is 6.76. The van der Waals surface area contributed by atoms with Crippen molar-refractivity contribution < 1.29 is 9.13 Å². The fraction of sp³-hybridized carbons (Fsp3) is 0.185. The van der Waals surface area contributed by atoms with Crippen molar-refractivity contribution in [2.24, 2.45) is 0 Å². The maximum Gasteiger partial charge on any atom is 0.174 e. The molecule has 5 nitrogen and oxygen atoms in total. The lowest BCUT2D eigenvalue weighted by Gasteiger charge is -2.29. The van der Waals surface area contributed by atoms with Crippen LogP contribution in [0.1, 0.15) is 34.7 Å². The summed E-state index contributed by atoms with van der Waals surface area (Å²) in [6, 6.07) is 22.2. The lowest BCUT2D eigenvalue weighted by molar-refractivity contribution is 0.414. The number of hydrogen-bond acceptors (Lipinski definition) is 3. The Kier molecular flexibility index (Phi) is 5.79. The fourth-order valence-electron chi connectivity index (χ4n) is 4.83. The number of nitrogens with zero attached hydrogens (tertiary/aromatic N) is 3. The average Bonchev–Trinajstić information content (AvgIpc) is 3.35. The normalized spacial score (nSPS) is 17.6. The van der Waals surface area contributed by atoms with Crippen LogP contribution in [0.3, 0.4) is 0 Å². The first-order valence-corrected chi connectivity index (χ1v) is 11.5. The van der Waals surface area contributed by atoms with E-state index < -0.39 is 0 Å². The Bertz CT molecular complexity index is 1340. The van der Waals surface area contributed by atoms with Gasteiger partial charge >= 0.3 is 0 Å². The first kappa shape index (κ1) is 22.1. The second kappa shape index (κ2) is 8.91. The molecule has 0 radical (unpaired) electrons. The molecule has 0 aliphatic carbocycles. The van der Waals surface area contributed by atoms with Crippen LogP contribution in [-0.2, 0) is 0 Å². The molecule has 7 heteroatoms. The minimum Gasteiger partial charge on any atom is -0.495 e. The smallest absolute Gasteiger partial charge is 0.174 e. The highest BCUT2D eigenvalue weighted by atomic mass is 32.1. The number of nitrogens with one attached hydrogen (secondary N) is 1. The van der Waals surface area contributed by atoms with Crippen molar-refractivity contribution in [3.8, 4) is 11.4 Å². The highest BCUT2D eigenvalue weighted by Gasteiger charge is 2.43. The number of benzene rings is 2. The van der Waals surface area contributed by atoms with Crippen LogP contribution >= 0.6 is 12.2 Å². The van der Waals surface area contributed by atoms with Crippen LogP contribution in [0.4, 0.5) is 10.1 Å². The van der Waals surface area contributed by atoms with Crippen LogP contribution < -0.4 is 15.0 Å². The molecule has 5 rings (SSSR count). The van der Waals surface area contributed by atoms with Crippen LogP contribution in [0.5, 0.6) is 5.75 Å². The molecular formula is C27H25FN4OS. The molecule has 0 bridgehead atoms. The third-order valence-corrected chi connectivity index (χ3v) is 6.63. The number of para-hydroxylation sites is 2. The third kappa shape index (κ3) is 3.72. The molecule has 0 unspecified atom stereocenters. The maximum absolute atomic E-state index is 13.6. The van der Waals surface area contributed by atoms with Crippen LogP contribution in [0.2, 0.25) is 0 Å². The number of halogens is 1. The quantitative estimate of drug-likeness (QED) is 0.371. The highest BCUT2D eigenvalue weighted by Crippen LogP contribution is 2.46. The molecule has 0 spiro atoms. The van der Waals surface area contributed by atoms with E-state index in [0.29, 0.717) is 5.11 Å². The van der Waals surface area contributed by atoms with E-state index in [1.807, 2.05) is 42.5 Å². The van der Waals surface area contributed by atoms with Gasteiger partial charge in [-0.3, -0.25) is 4.98 Å². The predicted molar refractivity (Wildman–Crippen MR) is 136 cm³/mol. The Morgan fingerprint density at radius 1 is 1.00 bits per heavy atom. The van der Waals surface area contributed by atoms with Gasteiger partial charge in [0, 0.05) is 23.3 Å². The summed E-state index contributed by atoms with van der Waals surface area (Å²) < 4.78 is 21.4. The lowest BCUT2D eigenvalue weighted by Crippen LogP contribution is -2.30. The van der Waals surface area contributed by atoms with Gasteiger partial charge in [0.2, 0.25) is 0 Å². The van der Waals surface area contributed by atoms with Gasteiger partial charge in [-0.05, 0) is 86.2 Å². The zero-order valence-electron chi connectivity index (χ0n) is 19.2. The van der Waals surface area contributed by atoms with Gasteiger partial charge in [-0.2, -0.15) is 0 Å². The van der Waals surface area contributed by atoms with Gasteiger partial charge in [-0.1, -0.05) is 18.2 Å². The molecule has 4 aromatic rings.